The van der Waals surface area contributed by atoms with Crippen LogP contribution in [-0.4, -0.2) is 45.6 Å². The lowest BCUT2D eigenvalue weighted by Crippen LogP contribution is -2.42. The molecule has 0 fully saturated rings. The summed E-state index contributed by atoms with van der Waals surface area (Å²) in [5.41, 5.74) is -5.05. The number of halogens is 3. The minimum Gasteiger partial charge on any atom is -0.504 e. The molecule has 0 atom stereocenters. The number of urea groups is 1. The summed E-state index contributed by atoms with van der Waals surface area (Å²) in [5, 5.41) is 32.1. The summed E-state index contributed by atoms with van der Waals surface area (Å²) in [5.74, 6) is -4.60. The first-order chi connectivity index (χ1) is 11.4. The third-order valence-corrected chi connectivity index (χ3v) is 3.09. The first-order valence-corrected chi connectivity index (χ1v) is 6.79. The largest absolute Gasteiger partial charge is 0.504 e. The van der Waals surface area contributed by atoms with E-state index in [1.54, 1.807) is 6.92 Å². The Balaban J connectivity index is 3.60. The van der Waals surface area contributed by atoms with Crippen LogP contribution in [0, 0.1) is 10.1 Å². The Morgan fingerprint density at radius 2 is 1.92 bits per heavy atom. The van der Waals surface area contributed by atoms with Crippen molar-refractivity contribution in [3.8, 4) is 11.5 Å². The van der Waals surface area contributed by atoms with E-state index in [0.717, 1.165) is 7.05 Å². The third-order valence-electron chi connectivity index (χ3n) is 3.09. The quantitative estimate of drug-likeness (QED) is 0.426. The number of imide groups is 1. The number of hydrogen-bond acceptors (Lipinski definition) is 6. The zero-order valence-corrected chi connectivity index (χ0v) is 13.0. The number of benzene rings is 1. The van der Waals surface area contributed by atoms with Crippen LogP contribution < -0.4 is 5.32 Å². The Morgan fingerprint density at radius 1 is 1.36 bits per heavy atom. The van der Waals surface area contributed by atoms with Gasteiger partial charge in [0.25, 0.3) is 5.91 Å². The predicted molar refractivity (Wildman–Crippen MR) is 77.2 cm³/mol. The molecule has 0 bridgehead atoms. The average Bonchev–Trinajstić information content (AvgIpc) is 2.51. The summed E-state index contributed by atoms with van der Waals surface area (Å²) in [6, 6.07) is -1.10. The Kier molecular flexibility index (Phi) is 5.79. The molecule has 3 N–H and O–H groups in total. The van der Waals surface area contributed by atoms with Gasteiger partial charge in [0.2, 0.25) is 5.75 Å². The van der Waals surface area contributed by atoms with Crippen molar-refractivity contribution in [2.24, 2.45) is 0 Å². The molecule has 1 rings (SSSR count). The van der Waals surface area contributed by atoms with Crippen LogP contribution in [0.25, 0.3) is 0 Å². The Bertz CT molecular complexity index is 720. The van der Waals surface area contributed by atoms with Crippen molar-refractivity contribution >= 4 is 17.6 Å². The van der Waals surface area contributed by atoms with Crippen LogP contribution in [0.15, 0.2) is 6.07 Å². The standard InChI is InChI=1S/C13H14F3N3O6/c1-3-4-17-12(23)18(2)11(22)8-6(13(14,15)16)5-7(20)10(21)9(8)19(24)25/h5,20-21H,3-4H2,1-2H3,(H,17,23). The molecule has 1 aromatic carbocycles. The molecule has 0 saturated heterocycles. The zero-order chi connectivity index (χ0) is 19.5. The lowest BCUT2D eigenvalue weighted by atomic mass is 10.0. The number of phenolic OH excluding ortho intramolecular Hbond substituents is 2. The Morgan fingerprint density at radius 3 is 2.36 bits per heavy atom. The molecule has 0 unspecified atom stereocenters. The molecule has 12 heteroatoms. The number of carbonyl (C=O) groups is 2. The van der Waals surface area contributed by atoms with Gasteiger partial charge < -0.3 is 15.5 Å². The topological polar surface area (TPSA) is 133 Å². The van der Waals surface area contributed by atoms with Gasteiger partial charge in [0, 0.05) is 13.6 Å². The normalized spacial score (nSPS) is 11.1. The summed E-state index contributed by atoms with van der Waals surface area (Å²) in [6.45, 7) is 1.80. The smallest absolute Gasteiger partial charge is 0.417 e. The lowest BCUT2D eigenvalue weighted by molar-refractivity contribution is -0.386. The van der Waals surface area contributed by atoms with Crippen molar-refractivity contribution in [2.75, 3.05) is 13.6 Å². The van der Waals surface area contributed by atoms with E-state index >= 15 is 0 Å². The van der Waals surface area contributed by atoms with Gasteiger partial charge in [-0.1, -0.05) is 6.92 Å². The molecule has 0 aliphatic carbocycles. The van der Waals surface area contributed by atoms with E-state index in [1.807, 2.05) is 0 Å². The number of nitrogens with zero attached hydrogens (tertiary/aromatic N) is 2. The van der Waals surface area contributed by atoms with Crippen molar-refractivity contribution < 1.29 is 37.9 Å². The summed E-state index contributed by atoms with van der Waals surface area (Å²) in [4.78, 5) is 33.8. The number of aromatic hydroxyl groups is 2. The first-order valence-electron chi connectivity index (χ1n) is 6.79. The van der Waals surface area contributed by atoms with Crippen molar-refractivity contribution in [1.29, 1.82) is 0 Å². The average molecular weight is 365 g/mol. The number of rotatable bonds is 4. The fourth-order valence-electron chi connectivity index (χ4n) is 1.87. The van der Waals surface area contributed by atoms with Crippen LogP contribution in [-0.2, 0) is 6.18 Å². The van der Waals surface area contributed by atoms with Gasteiger partial charge in [0.05, 0.1) is 10.5 Å². The van der Waals surface area contributed by atoms with Crippen LogP contribution in [0.3, 0.4) is 0 Å². The van der Waals surface area contributed by atoms with Gasteiger partial charge >= 0.3 is 17.9 Å². The van der Waals surface area contributed by atoms with Crippen LogP contribution >= 0.6 is 0 Å². The number of amides is 3. The molecular weight excluding hydrogens is 351 g/mol. The molecule has 0 radical (unpaired) electrons. The maximum absolute atomic E-state index is 13.1. The number of alkyl halides is 3. The monoisotopic (exact) mass is 365 g/mol. The SMILES string of the molecule is CCCNC(=O)N(C)C(=O)c1c(C(F)(F)F)cc(O)c(O)c1[N+](=O)[O-]. The maximum Gasteiger partial charge on any atom is 0.417 e. The second kappa shape index (κ2) is 7.23. The van der Waals surface area contributed by atoms with E-state index in [1.165, 1.54) is 0 Å². The van der Waals surface area contributed by atoms with E-state index in [4.69, 9.17) is 0 Å². The number of nitro groups is 1. The maximum atomic E-state index is 13.1. The molecule has 0 heterocycles. The van der Waals surface area contributed by atoms with Gasteiger partial charge in [-0.15, -0.1) is 0 Å². The molecule has 0 saturated carbocycles. The molecule has 138 valence electrons. The molecule has 0 aliphatic rings. The van der Waals surface area contributed by atoms with Crippen molar-refractivity contribution in [3.63, 3.8) is 0 Å². The summed E-state index contributed by atoms with van der Waals surface area (Å²) >= 11 is 0. The Hall–Kier alpha value is -3.05. The zero-order valence-electron chi connectivity index (χ0n) is 13.0. The highest BCUT2D eigenvalue weighted by Crippen LogP contribution is 2.45. The first kappa shape index (κ1) is 20.0. The number of nitro benzene ring substituents is 1. The fraction of sp³-hybridized carbons (Fsp3) is 0.385. The van der Waals surface area contributed by atoms with Crippen LogP contribution in [0.2, 0.25) is 0 Å². The minimum absolute atomic E-state index is 0.0205. The second-order valence-corrected chi connectivity index (χ2v) is 4.87. The highest BCUT2D eigenvalue weighted by Gasteiger charge is 2.44. The van der Waals surface area contributed by atoms with Gasteiger partial charge in [0.1, 0.15) is 5.56 Å². The molecule has 1 aromatic rings. The van der Waals surface area contributed by atoms with Gasteiger partial charge in [-0.25, -0.2) is 4.79 Å². The van der Waals surface area contributed by atoms with E-state index < -0.39 is 51.4 Å². The number of nitrogens with one attached hydrogen (secondary N) is 1. The highest BCUT2D eigenvalue weighted by molar-refractivity contribution is 6.08. The van der Waals surface area contributed by atoms with E-state index in [2.05, 4.69) is 5.32 Å². The van der Waals surface area contributed by atoms with E-state index in [9.17, 15) is 43.1 Å². The van der Waals surface area contributed by atoms with Crippen LogP contribution in [0.1, 0.15) is 29.3 Å². The fourth-order valence-corrected chi connectivity index (χ4v) is 1.87. The van der Waals surface area contributed by atoms with Crippen LogP contribution in [0.4, 0.5) is 23.7 Å². The lowest BCUT2D eigenvalue weighted by Gasteiger charge is -2.19. The second-order valence-electron chi connectivity index (χ2n) is 4.87. The van der Waals surface area contributed by atoms with E-state index in [0.29, 0.717) is 6.42 Å². The molecule has 9 nitrogen and oxygen atoms in total. The molecule has 0 aliphatic heterocycles. The molecular formula is C13H14F3N3O6. The number of phenols is 2. The molecule has 0 spiro atoms. The summed E-state index contributed by atoms with van der Waals surface area (Å²) in [6.07, 6.45) is -4.79. The Labute approximate surface area is 138 Å². The highest BCUT2D eigenvalue weighted by atomic mass is 19.4. The predicted octanol–water partition coefficient (Wildman–Crippen LogP) is 2.22. The van der Waals surface area contributed by atoms with Gasteiger partial charge in [-0.3, -0.25) is 19.8 Å². The van der Waals surface area contributed by atoms with Crippen LogP contribution in [0.5, 0.6) is 11.5 Å². The summed E-state index contributed by atoms with van der Waals surface area (Å²) in [7, 11) is 0.821. The number of hydrogen-bond donors (Lipinski definition) is 3. The molecule has 25 heavy (non-hydrogen) atoms. The minimum atomic E-state index is -5.26. The van der Waals surface area contributed by atoms with Gasteiger partial charge in [-0.2, -0.15) is 13.2 Å². The number of carbonyl (C=O) groups excluding carboxylic acids is 2. The van der Waals surface area contributed by atoms with Crippen molar-refractivity contribution in [1.82, 2.24) is 10.2 Å². The molecule has 0 aromatic heterocycles. The third kappa shape index (κ3) is 4.08. The molecule has 3 amide bonds. The van der Waals surface area contributed by atoms with Gasteiger partial charge in [-0.05, 0) is 12.5 Å². The van der Waals surface area contributed by atoms with Crippen molar-refractivity contribution in [2.45, 2.75) is 19.5 Å². The summed E-state index contributed by atoms with van der Waals surface area (Å²) < 4.78 is 39.4. The van der Waals surface area contributed by atoms with Crippen molar-refractivity contribution in [3.05, 3.63) is 27.3 Å². The van der Waals surface area contributed by atoms with E-state index in [-0.39, 0.29) is 17.5 Å². The van der Waals surface area contributed by atoms with Gasteiger partial charge in [0.15, 0.2) is 5.75 Å².